The van der Waals surface area contributed by atoms with Crippen LogP contribution in [-0.4, -0.2) is 10.9 Å². The first kappa shape index (κ1) is 26.1. The zero-order valence-electron chi connectivity index (χ0n) is 22.7. The van der Waals surface area contributed by atoms with Crippen LogP contribution in [0.3, 0.4) is 0 Å². The minimum absolute atomic E-state index is 0.0171. The second kappa shape index (κ2) is 10.5. The maximum Gasteiger partial charge on any atom is 0.309 e. The molecule has 2 saturated heterocycles. The molecule has 0 radical (unpaired) electrons. The first-order valence-corrected chi connectivity index (χ1v) is 13.9. The number of hydroxylamine groups is 1. The molecule has 0 aliphatic carbocycles. The Balaban J connectivity index is 1.41. The lowest BCUT2D eigenvalue weighted by Gasteiger charge is -2.37. The topological polar surface area (TPSA) is 74.1 Å². The molecular formula is C35H28N2O5. The van der Waals surface area contributed by atoms with Crippen LogP contribution in [0.4, 0.5) is 11.4 Å². The van der Waals surface area contributed by atoms with Crippen LogP contribution in [0.15, 0.2) is 146 Å². The number of ether oxygens (including phenoxy) is 2. The summed E-state index contributed by atoms with van der Waals surface area (Å²) in [6.45, 7) is 0. The van der Waals surface area contributed by atoms with Crippen LogP contribution >= 0.6 is 0 Å². The summed E-state index contributed by atoms with van der Waals surface area (Å²) in [7, 11) is 0. The Labute approximate surface area is 243 Å². The molecule has 2 fully saturated rings. The van der Waals surface area contributed by atoms with Gasteiger partial charge in [0.25, 0.3) is 5.69 Å². The average Bonchev–Trinajstić information content (AvgIpc) is 3.61. The van der Waals surface area contributed by atoms with Crippen molar-refractivity contribution in [1.29, 1.82) is 0 Å². The molecule has 42 heavy (non-hydrogen) atoms. The molecule has 0 saturated carbocycles. The third-order valence-electron chi connectivity index (χ3n) is 7.99. The molecule has 7 rings (SSSR count). The Morgan fingerprint density at radius 1 is 0.619 bits per heavy atom. The van der Waals surface area contributed by atoms with Gasteiger partial charge in [-0.1, -0.05) is 109 Å². The van der Waals surface area contributed by atoms with Crippen molar-refractivity contribution in [2.45, 2.75) is 30.1 Å². The number of nitrogens with zero attached hydrogens (tertiary/aromatic N) is 2. The van der Waals surface area contributed by atoms with Crippen LogP contribution in [-0.2, 0) is 19.9 Å². The first-order valence-electron chi connectivity index (χ1n) is 13.9. The fraction of sp³-hybridized carbons (Fsp3) is 0.143. The van der Waals surface area contributed by atoms with E-state index in [4.69, 9.17) is 14.3 Å². The SMILES string of the molecule is O=[N+]([O-])c1ccc(C2(c3ccccc3)CC3(O[C@H](c4ccccc4)[C@H](c4ccccc4)O3)ON2c2ccccc2)cc1. The molecule has 7 nitrogen and oxygen atoms in total. The molecule has 2 aliphatic rings. The molecule has 0 bridgehead atoms. The molecule has 208 valence electrons. The van der Waals surface area contributed by atoms with Crippen molar-refractivity contribution in [1.82, 2.24) is 0 Å². The molecule has 2 aliphatic heterocycles. The van der Waals surface area contributed by atoms with E-state index in [1.165, 1.54) is 12.1 Å². The largest absolute Gasteiger partial charge is 0.315 e. The van der Waals surface area contributed by atoms with E-state index in [2.05, 4.69) is 0 Å². The smallest absolute Gasteiger partial charge is 0.309 e. The molecule has 2 heterocycles. The molecular weight excluding hydrogens is 528 g/mol. The van der Waals surface area contributed by atoms with Gasteiger partial charge in [0.15, 0.2) is 0 Å². The van der Waals surface area contributed by atoms with E-state index in [0.29, 0.717) is 0 Å². The van der Waals surface area contributed by atoms with E-state index in [1.54, 1.807) is 12.1 Å². The van der Waals surface area contributed by atoms with E-state index < -0.39 is 28.6 Å². The lowest BCUT2D eigenvalue weighted by atomic mass is 9.79. The highest BCUT2D eigenvalue weighted by Crippen LogP contribution is 2.59. The minimum atomic E-state index is -1.46. The highest BCUT2D eigenvalue weighted by Gasteiger charge is 2.64. The zero-order chi connectivity index (χ0) is 28.6. The zero-order valence-corrected chi connectivity index (χ0v) is 22.7. The number of nitro benzene ring substituents is 1. The highest BCUT2D eigenvalue weighted by molar-refractivity contribution is 5.56. The second-order valence-electron chi connectivity index (χ2n) is 10.5. The van der Waals surface area contributed by atoms with Gasteiger partial charge >= 0.3 is 5.97 Å². The summed E-state index contributed by atoms with van der Waals surface area (Å²) in [5.74, 6) is -1.46. The van der Waals surface area contributed by atoms with Crippen LogP contribution in [0.25, 0.3) is 0 Å². The number of anilines is 1. The summed E-state index contributed by atoms with van der Waals surface area (Å²) in [4.78, 5) is 18.0. The summed E-state index contributed by atoms with van der Waals surface area (Å²) in [6, 6.07) is 46.5. The van der Waals surface area contributed by atoms with Crippen molar-refractivity contribution in [2.24, 2.45) is 0 Å². The number of non-ortho nitro benzene ring substituents is 1. The standard InChI is InChI=1S/C35H28N2O5/c38-37(39)31-23-21-29(22-24-31)34(28-17-9-3-10-18-28)25-35(42-36(34)30-19-11-4-12-20-30)40-32(26-13-5-1-6-14-26)33(41-35)27-15-7-2-8-16-27/h1-24,32-33H,25H2/t32-,33+,34?,35?. The lowest BCUT2D eigenvalue weighted by Crippen LogP contribution is -2.41. The molecule has 0 amide bonds. The van der Waals surface area contributed by atoms with Gasteiger partial charge in [-0.3, -0.25) is 10.1 Å². The number of rotatable bonds is 6. The van der Waals surface area contributed by atoms with Crippen LogP contribution in [0.1, 0.15) is 40.9 Å². The summed E-state index contributed by atoms with van der Waals surface area (Å²) in [5.41, 5.74) is 3.57. The molecule has 5 aromatic carbocycles. The van der Waals surface area contributed by atoms with Gasteiger partial charge in [0.2, 0.25) is 0 Å². The third-order valence-corrected chi connectivity index (χ3v) is 7.99. The molecule has 5 aromatic rings. The van der Waals surface area contributed by atoms with Gasteiger partial charge in [0.1, 0.15) is 17.7 Å². The fourth-order valence-corrected chi connectivity index (χ4v) is 6.08. The van der Waals surface area contributed by atoms with Crippen LogP contribution in [0.5, 0.6) is 0 Å². The lowest BCUT2D eigenvalue weighted by molar-refractivity contribution is -0.384. The Kier molecular flexibility index (Phi) is 6.55. The second-order valence-corrected chi connectivity index (χ2v) is 10.5. The molecule has 7 heteroatoms. The van der Waals surface area contributed by atoms with Gasteiger partial charge in [-0.25, -0.2) is 9.90 Å². The van der Waals surface area contributed by atoms with E-state index >= 15 is 0 Å². The maximum atomic E-state index is 11.5. The van der Waals surface area contributed by atoms with Crippen molar-refractivity contribution >= 4 is 11.4 Å². The number of hydrogen-bond donors (Lipinski definition) is 0. The molecule has 2 unspecified atom stereocenters. The van der Waals surface area contributed by atoms with Crippen LogP contribution in [0, 0.1) is 10.1 Å². The van der Waals surface area contributed by atoms with Crippen molar-refractivity contribution in [2.75, 3.05) is 5.06 Å². The van der Waals surface area contributed by atoms with E-state index in [1.807, 2.05) is 126 Å². The quantitative estimate of drug-likeness (QED) is 0.157. The Morgan fingerprint density at radius 3 is 1.57 bits per heavy atom. The van der Waals surface area contributed by atoms with Gasteiger partial charge in [-0.05, 0) is 46.5 Å². The van der Waals surface area contributed by atoms with Gasteiger partial charge < -0.3 is 9.47 Å². The van der Waals surface area contributed by atoms with Gasteiger partial charge in [-0.2, -0.15) is 0 Å². The summed E-state index contributed by atoms with van der Waals surface area (Å²) >= 11 is 0. The Hall–Kier alpha value is -4.82. The number of para-hydroxylation sites is 1. The van der Waals surface area contributed by atoms with Gasteiger partial charge in [0, 0.05) is 12.1 Å². The van der Waals surface area contributed by atoms with Crippen molar-refractivity contribution in [3.05, 3.63) is 178 Å². The van der Waals surface area contributed by atoms with Crippen LogP contribution < -0.4 is 5.06 Å². The predicted octanol–water partition coefficient (Wildman–Crippen LogP) is 7.86. The maximum absolute atomic E-state index is 11.5. The normalized spacial score (nSPS) is 25.1. The van der Waals surface area contributed by atoms with E-state index in [9.17, 15) is 10.1 Å². The Bertz CT molecular complexity index is 1620. The number of benzene rings is 5. The first-order chi connectivity index (χ1) is 20.6. The highest BCUT2D eigenvalue weighted by atomic mass is 17.0. The van der Waals surface area contributed by atoms with Crippen LogP contribution in [0.2, 0.25) is 0 Å². The summed E-state index contributed by atoms with van der Waals surface area (Å²) < 4.78 is 13.8. The number of hydrogen-bond acceptors (Lipinski definition) is 6. The molecule has 1 spiro atoms. The molecule has 4 atom stereocenters. The fourth-order valence-electron chi connectivity index (χ4n) is 6.08. The van der Waals surface area contributed by atoms with Gasteiger partial charge in [0.05, 0.1) is 17.0 Å². The Morgan fingerprint density at radius 2 is 1.07 bits per heavy atom. The van der Waals surface area contributed by atoms with E-state index in [-0.39, 0.29) is 12.1 Å². The average molecular weight is 557 g/mol. The van der Waals surface area contributed by atoms with Crippen molar-refractivity contribution in [3.8, 4) is 0 Å². The predicted molar refractivity (Wildman–Crippen MR) is 158 cm³/mol. The molecule has 0 aromatic heterocycles. The van der Waals surface area contributed by atoms with Crippen molar-refractivity contribution in [3.63, 3.8) is 0 Å². The minimum Gasteiger partial charge on any atom is -0.315 e. The number of nitro groups is 1. The summed E-state index contributed by atoms with van der Waals surface area (Å²) in [6.07, 6.45) is -0.604. The van der Waals surface area contributed by atoms with Crippen molar-refractivity contribution < 1.29 is 19.2 Å². The summed E-state index contributed by atoms with van der Waals surface area (Å²) in [5, 5.41) is 13.4. The van der Waals surface area contributed by atoms with Gasteiger partial charge in [-0.15, -0.1) is 0 Å². The van der Waals surface area contributed by atoms with E-state index in [0.717, 1.165) is 27.9 Å². The third kappa shape index (κ3) is 4.44. The molecule has 0 N–H and O–H groups in total. The monoisotopic (exact) mass is 556 g/mol.